The van der Waals surface area contributed by atoms with Crippen molar-refractivity contribution in [3.8, 4) is 0 Å². The van der Waals surface area contributed by atoms with E-state index < -0.39 is 10.0 Å². The number of benzene rings is 2. The maximum absolute atomic E-state index is 12.6. The van der Waals surface area contributed by atoms with E-state index in [1.165, 1.54) is 17.0 Å². The van der Waals surface area contributed by atoms with Crippen molar-refractivity contribution in [3.05, 3.63) is 59.7 Å². The summed E-state index contributed by atoms with van der Waals surface area (Å²) >= 11 is 0. The van der Waals surface area contributed by atoms with Crippen molar-refractivity contribution < 1.29 is 22.7 Å². The Morgan fingerprint density at radius 3 is 2.61 bits per heavy atom. The third-order valence-corrected chi connectivity index (χ3v) is 7.04. The first-order valence-electron chi connectivity index (χ1n) is 10.4. The lowest BCUT2D eigenvalue weighted by molar-refractivity contribution is 0.0950. The largest absolute Gasteiger partial charge is 0.447 e. The van der Waals surface area contributed by atoms with Crippen LogP contribution in [0.15, 0.2) is 53.4 Å². The van der Waals surface area contributed by atoms with E-state index in [4.69, 9.17) is 4.74 Å². The average molecular weight is 444 g/mol. The molecule has 2 aliphatic rings. The molecule has 164 valence electrons. The van der Waals surface area contributed by atoms with Crippen LogP contribution in [0, 0.1) is 0 Å². The van der Waals surface area contributed by atoms with E-state index in [-0.39, 0.29) is 35.0 Å². The highest BCUT2D eigenvalue weighted by molar-refractivity contribution is 7.89. The molecule has 0 atom stereocenters. The summed E-state index contributed by atoms with van der Waals surface area (Å²) in [7, 11) is -3.67. The lowest BCUT2D eigenvalue weighted by Gasteiger charge is -2.14. The van der Waals surface area contributed by atoms with Crippen molar-refractivity contribution in [1.29, 1.82) is 0 Å². The number of rotatable bonds is 7. The summed E-state index contributed by atoms with van der Waals surface area (Å²) in [6.07, 6.45) is 3.35. The average Bonchev–Trinajstić information content (AvgIpc) is 3.43. The van der Waals surface area contributed by atoms with Crippen LogP contribution in [-0.2, 0) is 21.3 Å². The van der Waals surface area contributed by atoms with Gasteiger partial charge in [-0.2, -0.15) is 0 Å². The Kier molecular flexibility index (Phi) is 6.24. The number of carbonyl (C=O) groups is 2. The van der Waals surface area contributed by atoms with Crippen LogP contribution in [0.2, 0.25) is 0 Å². The number of hydrogen-bond acceptors (Lipinski definition) is 5. The van der Waals surface area contributed by atoms with Crippen LogP contribution < -0.4 is 14.9 Å². The van der Waals surface area contributed by atoms with E-state index in [1.54, 1.807) is 12.1 Å². The molecule has 0 bridgehead atoms. The monoisotopic (exact) mass is 443 g/mol. The van der Waals surface area contributed by atoms with Gasteiger partial charge in [0.25, 0.3) is 5.91 Å². The van der Waals surface area contributed by atoms with Gasteiger partial charge in [-0.25, -0.2) is 17.9 Å². The van der Waals surface area contributed by atoms with Crippen LogP contribution in [0.25, 0.3) is 0 Å². The molecule has 2 aromatic rings. The van der Waals surface area contributed by atoms with Gasteiger partial charge in [0, 0.05) is 23.8 Å². The Hall–Kier alpha value is -2.91. The fourth-order valence-corrected chi connectivity index (χ4v) is 5.23. The van der Waals surface area contributed by atoms with Crippen LogP contribution >= 0.6 is 0 Å². The standard InChI is InChI=1S/C22H25N3O5S/c26-21(23-15-16-5-3-9-19(13-16)25-11-12-30-22(25)27)17-6-4-10-20(14-17)31(28,29)24-18-7-1-2-8-18/h3-6,9-10,13-14,18,24H,1-2,7-8,11-12,15H2,(H,23,26). The van der Waals surface area contributed by atoms with Crippen molar-refractivity contribution in [1.82, 2.24) is 10.0 Å². The fraction of sp³-hybridized carbons (Fsp3) is 0.364. The number of cyclic esters (lactones) is 1. The second-order valence-electron chi connectivity index (χ2n) is 7.75. The van der Waals surface area contributed by atoms with Gasteiger partial charge in [0.05, 0.1) is 11.4 Å². The molecule has 9 heteroatoms. The highest BCUT2D eigenvalue weighted by atomic mass is 32.2. The van der Waals surface area contributed by atoms with E-state index in [9.17, 15) is 18.0 Å². The topological polar surface area (TPSA) is 105 Å². The van der Waals surface area contributed by atoms with Gasteiger partial charge < -0.3 is 10.1 Å². The van der Waals surface area contributed by atoms with E-state index in [0.717, 1.165) is 31.2 Å². The molecule has 8 nitrogen and oxygen atoms in total. The minimum absolute atomic E-state index is 0.0392. The van der Waals surface area contributed by atoms with Gasteiger partial charge in [-0.3, -0.25) is 9.69 Å². The van der Waals surface area contributed by atoms with Crippen molar-refractivity contribution in [3.63, 3.8) is 0 Å². The number of nitrogens with zero attached hydrogens (tertiary/aromatic N) is 1. The van der Waals surface area contributed by atoms with Crippen LogP contribution in [0.5, 0.6) is 0 Å². The third-order valence-electron chi connectivity index (χ3n) is 5.52. The number of anilines is 1. The summed E-state index contributed by atoms with van der Waals surface area (Å²) in [5.41, 5.74) is 1.80. The van der Waals surface area contributed by atoms with Crippen molar-refractivity contribution >= 4 is 27.7 Å². The molecule has 2 fully saturated rings. The van der Waals surface area contributed by atoms with Gasteiger partial charge >= 0.3 is 6.09 Å². The van der Waals surface area contributed by atoms with Gasteiger partial charge in [0.15, 0.2) is 0 Å². The van der Waals surface area contributed by atoms with E-state index >= 15 is 0 Å². The maximum atomic E-state index is 12.6. The quantitative estimate of drug-likeness (QED) is 0.685. The van der Waals surface area contributed by atoms with Gasteiger partial charge in [-0.05, 0) is 48.7 Å². The lowest BCUT2D eigenvalue weighted by atomic mass is 10.1. The van der Waals surface area contributed by atoms with E-state index in [0.29, 0.717) is 18.8 Å². The first kappa shape index (κ1) is 21.3. The predicted molar refractivity (Wildman–Crippen MR) is 115 cm³/mol. The smallest absolute Gasteiger partial charge is 0.414 e. The first-order chi connectivity index (χ1) is 14.9. The summed E-state index contributed by atoms with van der Waals surface area (Å²) in [5, 5.41) is 2.81. The number of hydrogen-bond donors (Lipinski definition) is 2. The molecule has 1 saturated carbocycles. The van der Waals surface area contributed by atoms with Crippen LogP contribution in [0.1, 0.15) is 41.6 Å². The van der Waals surface area contributed by atoms with Crippen LogP contribution in [-0.4, -0.2) is 39.6 Å². The molecule has 31 heavy (non-hydrogen) atoms. The molecule has 0 radical (unpaired) electrons. The maximum Gasteiger partial charge on any atom is 0.414 e. The number of ether oxygens (including phenoxy) is 1. The molecule has 1 aliphatic heterocycles. The highest BCUT2D eigenvalue weighted by Crippen LogP contribution is 2.22. The normalized spacial score (nSPS) is 17.0. The third kappa shape index (κ3) is 5.05. The van der Waals surface area contributed by atoms with Gasteiger partial charge in [0.1, 0.15) is 6.61 Å². The summed E-state index contributed by atoms with van der Waals surface area (Å²) in [6, 6.07) is 13.3. The zero-order valence-electron chi connectivity index (χ0n) is 17.0. The number of nitrogens with one attached hydrogen (secondary N) is 2. The zero-order chi connectivity index (χ0) is 21.8. The Balaban J connectivity index is 1.41. The summed E-state index contributed by atoms with van der Waals surface area (Å²) < 4.78 is 33.0. The Morgan fingerprint density at radius 1 is 1.10 bits per heavy atom. The Labute approximate surface area is 181 Å². The molecule has 4 rings (SSSR count). The SMILES string of the molecule is O=C(NCc1cccc(N2CCOC2=O)c1)c1cccc(S(=O)(=O)NC2CCCC2)c1. The van der Waals surface area contributed by atoms with Gasteiger partial charge in [0.2, 0.25) is 10.0 Å². The number of amides is 2. The van der Waals surface area contributed by atoms with Gasteiger partial charge in [-0.1, -0.05) is 31.0 Å². The summed E-state index contributed by atoms with van der Waals surface area (Å²) in [4.78, 5) is 26.0. The number of carbonyl (C=O) groups excluding carboxylic acids is 2. The molecular formula is C22H25N3O5S. The van der Waals surface area contributed by atoms with Crippen LogP contribution in [0.4, 0.5) is 10.5 Å². The molecule has 1 aliphatic carbocycles. The molecule has 2 amide bonds. The minimum atomic E-state index is -3.67. The molecule has 2 N–H and O–H groups in total. The predicted octanol–water partition coefficient (Wildman–Crippen LogP) is 2.79. The summed E-state index contributed by atoms with van der Waals surface area (Å²) in [5.74, 6) is -0.371. The zero-order valence-corrected chi connectivity index (χ0v) is 17.9. The van der Waals surface area contributed by atoms with Gasteiger partial charge in [-0.15, -0.1) is 0 Å². The number of sulfonamides is 1. The van der Waals surface area contributed by atoms with Crippen molar-refractivity contribution in [2.75, 3.05) is 18.1 Å². The Morgan fingerprint density at radius 2 is 1.87 bits per heavy atom. The van der Waals surface area contributed by atoms with E-state index in [1.807, 2.05) is 24.3 Å². The summed E-state index contributed by atoms with van der Waals surface area (Å²) in [6.45, 7) is 1.09. The minimum Gasteiger partial charge on any atom is -0.447 e. The molecule has 0 aromatic heterocycles. The van der Waals surface area contributed by atoms with Crippen molar-refractivity contribution in [2.24, 2.45) is 0 Å². The highest BCUT2D eigenvalue weighted by Gasteiger charge is 2.24. The lowest BCUT2D eigenvalue weighted by Crippen LogP contribution is -2.32. The molecular weight excluding hydrogens is 418 g/mol. The van der Waals surface area contributed by atoms with Crippen molar-refractivity contribution in [2.45, 2.75) is 43.2 Å². The second kappa shape index (κ2) is 9.07. The molecule has 2 aromatic carbocycles. The van der Waals surface area contributed by atoms with Crippen LogP contribution in [0.3, 0.4) is 0 Å². The Bertz CT molecular complexity index is 1080. The first-order valence-corrected chi connectivity index (χ1v) is 11.8. The molecule has 0 spiro atoms. The molecule has 1 heterocycles. The molecule has 0 unspecified atom stereocenters. The fourth-order valence-electron chi connectivity index (χ4n) is 3.88. The van der Waals surface area contributed by atoms with E-state index in [2.05, 4.69) is 10.0 Å². The second-order valence-corrected chi connectivity index (χ2v) is 9.46. The molecule has 1 saturated heterocycles.